The lowest BCUT2D eigenvalue weighted by Crippen LogP contribution is -2.67. The lowest BCUT2D eigenvalue weighted by molar-refractivity contribution is -0.341. The minimum absolute atomic E-state index is 0.0346. The summed E-state index contributed by atoms with van der Waals surface area (Å²) in [6.07, 6.45) is 12.7. The fourth-order valence-electron chi connectivity index (χ4n) is 20.7. The van der Waals surface area contributed by atoms with Crippen molar-refractivity contribution in [2.24, 2.45) is 80.8 Å². The molecule has 75 heavy (non-hydrogen) atoms. The normalized spacial score (nSPS) is 48.9. The van der Waals surface area contributed by atoms with Crippen LogP contribution in [0.4, 0.5) is 0 Å². The Kier molecular flexibility index (Phi) is 13.4. The molecule has 21 atom stereocenters. The van der Waals surface area contributed by atoms with E-state index < -0.39 is 77.6 Å². The van der Waals surface area contributed by atoms with Gasteiger partial charge < -0.3 is 19.3 Å². The number of fused-ring (bicyclic) bond motifs is 10. The Hall–Kier alpha value is -1.33. The monoisotopic (exact) mass is 1110 g/mol. The van der Waals surface area contributed by atoms with Crippen molar-refractivity contribution in [1.82, 2.24) is 0 Å². The van der Waals surface area contributed by atoms with Crippen LogP contribution >= 0.6 is 0 Å². The summed E-state index contributed by atoms with van der Waals surface area (Å²) in [6, 6.07) is 0. The van der Waals surface area contributed by atoms with Gasteiger partial charge in [-0.2, -0.15) is 25.3 Å². The molecule has 16 nitrogen and oxygen atoms in total. The summed E-state index contributed by atoms with van der Waals surface area (Å²) < 4.78 is 139. The Morgan fingerprint density at radius 2 is 1.36 bits per heavy atom. The van der Waals surface area contributed by atoms with E-state index in [1.165, 1.54) is 22.3 Å². The van der Waals surface area contributed by atoms with Crippen molar-refractivity contribution in [2.75, 3.05) is 6.61 Å². The molecule has 0 aromatic heterocycles. The van der Waals surface area contributed by atoms with Crippen LogP contribution in [0.25, 0.3) is 0 Å². The van der Waals surface area contributed by atoms with E-state index in [9.17, 15) is 44.0 Å². The molecule has 0 aromatic rings. The van der Waals surface area contributed by atoms with Crippen molar-refractivity contribution in [3.63, 3.8) is 0 Å². The number of hydrogen-bond donors (Lipinski definition) is 4. The van der Waals surface area contributed by atoms with Crippen LogP contribution in [0.5, 0.6) is 0 Å². The van der Waals surface area contributed by atoms with Crippen LogP contribution < -0.4 is 0 Å². The van der Waals surface area contributed by atoms with Gasteiger partial charge in [-0.25, -0.2) is 12.5 Å². The lowest BCUT2D eigenvalue weighted by Gasteiger charge is -2.65. The Labute approximate surface area is 447 Å². The minimum Gasteiger partial charge on any atom is -0.372 e. The summed E-state index contributed by atoms with van der Waals surface area (Å²) in [5.74, 6) is -0.175. The predicted molar refractivity (Wildman–Crippen MR) is 277 cm³/mol. The zero-order valence-electron chi connectivity index (χ0n) is 45.9. The van der Waals surface area contributed by atoms with Gasteiger partial charge in [-0.05, 0) is 176 Å². The summed E-state index contributed by atoms with van der Waals surface area (Å²) in [4.78, 5) is 0. The van der Waals surface area contributed by atoms with Crippen LogP contribution in [-0.4, -0.2) is 98.1 Å². The Morgan fingerprint density at radius 1 is 0.747 bits per heavy atom. The molecule has 0 radical (unpaired) electrons. The molecule has 0 unspecified atom stereocenters. The van der Waals surface area contributed by atoms with Gasteiger partial charge in [0.1, 0.15) is 12.2 Å². The number of ether oxygens (including phenoxy) is 3. The molecule has 424 valence electrons. The van der Waals surface area contributed by atoms with Crippen LogP contribution in [-0.2, 0) is 58.0 Å². The van der Waals surface area contributed by atoms with Gasteiger partial charge in [-0.3, -0.25) is 13.7 Å². The topological polar surface area (TPSA) is 239 Å². The van der Waals surface area contributed by atoms with E-state index >= 15 is 0 Å². The highest BCUT2D eigenvalue weighted by molar-refractivity contribution is 7.81. The van der Waals surface area contributed by atoms with Crippen LogP contribution in [0, 0.1) is 80.8 Å². The van der Waals surface area contributed by atoms with Crippen molar-refractivity contribution in [3.05, 3.63) is 33.9 Å². The van der Waals surface area contributed by atoms with Gasteiger partial charge in [0.2, 0.25) is 0 Å². The van der Waals surface area contributed by atoms with Crippen molar-refractivity contribution < 1.29 is 70.8 Å². The minimum atomic E-state index is -4.98. The summed E-state index contributed by atoms with van der Waals surface area (Å²) >= 11 is 0. The van der Waals surface area contributed by atoms with Gasteiger partial charge >= 0.3 is 31.2 Å². The zero-order chi connectivity index (χ0) is 54.2. The summed E-state index contributed by atoms with van der Waals surface area (Å²) in [5, 5.41) is 11.5. The quantitative estimate of drug-likeness (QED) is 0.105. The van der Waals surface area contributed by atoms with Gasteiger partial charge in [-0.15, -0.1) is 0 Å². The van der Waals surface area contributed by atoms with E-state index in [1.54, 1.807) is 6.92 Å². The van der Waals surface area contributed by atoms with Crippen LogP contribution in [0.2, 0.25) is 0 Å². The lowest BCUT2D eigenvalue weighted by atomic mass is 9.46. The Bertz CT molecular complexity index is 2760. The standard InChI is InChI=1S/C56H86O16S3/c1-30(37-14-16-40-35-12-13-39-32(3)49(71-75(64,65)66)46(70-74(61,62)63)28-53(39,9)42(35)19-21-51(37,40)7)11-18-47-54(10)27-34(50(5,6)72-54)25-44(68-47)31(2)38-15-17-41-36-26-45(69-73(58,59)60)48-33(4)56(57)24-23-55(48,29-67-56)43(36)20-22-52(38,41)8/h13,30-34,37-38,40-41,44-49,57H,11-12,14-29H2,1-10H3,(H,58,59,60)(H,61,62,63)(H,64,65,66)/t30-,31+,32-,33+,34+,37-,38-,40+,41+,44+,45+,46+,47-,48-,49+,51-,52-,53+,54+,55+,56+/m1/s1. The van der Waals surface area contributed by atoms with Gasteiger partial charge in [0.05, 0.1) is 36.1 Å². The number of rotatable bonds is 12. The molecule has 4 bridgehead atoms. The Balaban J connectivity index is 0.809. The number of allylic oxidation sites excluding steroid dienone is 3. The average Bonchev–Trinajstić information content (AvgIpc) is 3.87. The predicted octanol–water partition coefficient (Wildman–Crippen LogP) is 10.1. The fourth-order valence-corrected chi connectivity index (χ4v) is 22.3. The fraction of sp³-hybridized carbons (Fsp3) is 0.893. The summed E-state index contributed by atoms with van der Waals surface area (Å²) in [5.41, 5.74) is 4.45. The first-order valence-electron chi connectivity index (χ1n) is 28.5. The van der Waals surface area contributed by atoms with E-state index in [4.69, 9.17) is 26.8 Å². The zero-order valence-corrected chi connectivity index (χ0v) is 48.3. The highest BCUT2D eigenvalue weighted by Crippen LogP contribution is 2.71. The van der Waals surface area contributed by atoms with E-state index in [0.717, 1.165) is 82.6 Å². The van der Waals surface area contributed by atoms with E-state index in [1.807, 2.05) is 6.92 Å². The summed E-state index contributed by atoms with van der Waals surface area (Å²) in [7, 11) is -14.7. The van der Waals surface area contributed by atoms with E-state index in [2.05, 4.69) is 61.5 Å². The largest absolute Gasteiger partial charge is 0.397 e. The highest BCUT2D eigenvalue weighted by atomic mass is 32.3. The molecule has 4 heterocycles. The maximum atomic E-state index is 12.5. The molecular weight excluding hydrogens is 1020 g/mol. The van der Waals surface area contributed by atoms with Gasteiger partial charge in [0.15, 0.2) is 5.79 Å². The van der Waals surface area contributed by atoms with Gasteiger partial charge in [0, 0.05) is 35.0 Å². The molecule has 8 aliphatic carbocycles. The first kappa shape index (κ1) is 55.6. The molecule has 4 saturated heterocycles. The smallest absolute Gasteiger partial charge is 0.372 e. The second-order valence-corrected chi connectivity index (χ2v) is 31.0. The molecule has 19 heteroatoms. The van der Waals surface area contributed by atoms with Gasteiger partial charge in [-0.1, -0.05) is 82.4 Å². The van der Waals surface area contributed by atoms with Crippen LogP contribution in [0.3, 0.4) is 0 Å². The van der Waals surface area contributed by atoms with E-state index in [0.29, 0.717) is 61.9 Å². The maximum Gasteiger partial charge on any atom is 0.397 e. The summed E-state index contributed by atoms with van der Waals surface area (Å²) in [6.45, 7) is 22.7. The molecule has 4 aliphatic heterocycles. The molecule has 12 aliphatic rings. The van der Waals surface area contributed by atoms with Gasteiger partial charge in [0.25, 0.3) is 0 Å². The molecular formula is C56H86O16S3. The van der Waals surface area contributed by atoms with Crippen molar-refractivity contribution in [2.45, 2.75) is 226 Å². The molecule has 0 aromatic carbocycles. The molecule has 4 saturated carbocycles. The van der Waals surface area contributed by atoms with Crippen LogP contribution in [0.1, 0.15) is 178 Å². The molecule has 12 rings (SSSR count). The third kappa shape index (κ3) is 8.92. The first-order chi connectivity index (χ1) is 34.7. The molecule has 4 N–H and O–H groups in total. The number of hydrogen-bond acceptors (Lipinski definition) is 13. The first-order valence-corrected chi connectivity index (χ1v) is 32.6. The van der Waals surface area contributed by atoms with Crippen LogP contribution in [0.15, 0.2) is 33.9 Å². The second-order valence-electron chi connectivity index (χ2n) is 27.8. The number of aliphatic hydroxyl groups is 1. The van der Waals surface area contributed by atoms with Crippen molar-refractivity contribution in [3.8, 4) is 0 Å². The Morgan fingerprint density at radius 3 is 2.00 bits per heavy atom. The van der Waals surface area contributed by atoms with Crippen molar-refractivity contribution in [1.29, 1.82) is 0 Å². The molecule has 0 amide bonds. The average molecular weight is 1110 g/mol. The maximum absolute atomic E-state index is 12.5. The second kappa shape index (κ2) is 18.1. The highest BCUT2D eigenvalue weighted by Gasteiger charge is 2.68. The third-order valence-corrected chi connectivity index (χ3v) is 25.5. The third-order valence-electron chi connectivity index (χ3n) is 24.1. The molecule has 1 spiro atoms. The van der Waals surface area contributed by atoms with Crippen molar-refractivity contribution >= 4 is 31.2 Å². The van der Waals surface area contributed by atoms with E-state index in [-0.39, 0.29) is 58.7 Å². The SMILES string of the molecule is C[C@H]([C@@H]1C[C@H]2C[C@](C)(OC2(C)C)[C@@H](CC[C@@H](C)[C@H]2CC[C@H]3C4=C(CC[C@]23C)[C@@]2(C)C[C@H](OS(=O)(=O)O)[C@@H](OS(=O)(=O)O)[C@H](C)C2=CC4)O1)[C@H]1CC[C@H]2C3=C(CC[C@]12C)[C@]12CC[C@](O)(OC1)[C@@H](C)[C@@H]2[C@@H](OS(=O)(=O)O)C3. The molecule has 8 fully saturated rings.